The summed E-state index contributed by atoms with van der Waals surface area (Å²) in [5, 5.41) is 2.07. The Morgan fingerprint density at radius 2 is 2.15 bits per heavy atom. The third-order valence-electron chi connectivity index (χ3n) is 2.20. The smallest absolute Gasteiger partial charge is 0.312 e. The maximum Gasteiger partial charge on any atom is 0.312 e. The van der Waals surface area contributed by atoms with Gasteiger partial charge in [0, 0.05) is 4.88 Å². The largest absolute Gasteiger partial charge is 0.469 e. The zero-order valence-corrected chi connectivity index (χ0v) is 9.20. The van der Waals surface area contributed by atoms with E-state index in [2.05, 4.69) is 5.38 Å². The molecule has 0 aliphatic rings. The van der Waals surface area contributed by atoms with E-state index in [4.69, 9.17) is 4.74 Å². The van der Waals surface area contributed by atoms with Crippen LogP contribution in [0.25, 0.3) is 0 Å². The molecule has 3 heteroatoms. The summed E-state index contributed by atoms with van der Waals surface area (Å²) in [6, 6.07) is 0. The summed E-state index contributed by atoms with van der Waals surface area (Å²) in [5.74, 6) is -0.305. The van der Waals surface area contributed by atoms with Crippen molar-refractivity contribution in [3.63, 3.8) is 0 Å². The van der Waals surface area contributed by atoms with Gasteiger partial charge in [-0.15, -0.1) is 11.3 Å². The van der Waals surface area contributed by atoms with Crippen LogP contribution in [0.5, 0.6) is 0 Å². The summed E-state index contributed by atoms with van der Waals surface area (Å²) in [6.45, 7) is 5.94. The first-order chi connectivity index (χ1) is 6.07. The van der Waals surface area contributed by atoms with Gasteiger partial charge in [-0.1, -0.05) is 0 Å². The van der Waals surface area contributed by atoms with Gasteiger partial charge >= 0.3 is 5.97 Å². The SMILES string of the molecule is COC(=O)C(C)c1c(C)csc1C. The van der Waals surface area contributed by atoms with Crippen molar-refractivity contribution in [1.82, 2.24) is 0 Å². The van der Waals surface area contributed by atoms with Gasteiger partial charge < -0.3 is 4.74 Å². The summed E-state index contributed by atoms with van der Waals surface area (Å²) >= 11 is 1.68. The van der Waals surface area contributed by atoms with Crippen LogP contribution in [0.15, 0.2) is 5.38 Å². The molecular weight excluding hydrogens is 184 g/mol. The molecule has 1 aromatic rings. The van der Waals surface area contributed by atoms with Gasteiger partial charge in [-0.25, -0.2) is 0 Å². The standard InChI is InChI=1S/C10H14O2S/c1-6-5-13-8(3)9(6)7(2)10(11)12-4/h5,7H,1-4H3. The average Bonchev–Trinajstić information content (AvgIpc) is 2.44. The normalized spacial score (nSPS) is 12.6. The predicted molar refractivity (Wildman–Crippen MR) is 54.2 cm³/mol. The van der Waals surface area contributed by atoms with E-state index >= 15 is 0 Å². The molecule has 0 saturated heterocycles. The van der Waals surface area contributed by atoms with Crippen LogP contribution in [0.3, 0.4) is 0 Å². The molecule has 0 aromatic carbocycles. The maximum atomic E-state index is 11.3. The molecular formula is C10H14O2S. The van der Waals surface area contributed by atoms with Crippen molar-refractivity contribution in [3.8, 4) is 0 Å². The van der Waals surface area contributed by atoms with Crippen LogP contribution in [-0.2, 0) is 9.53 Å². The highest BCUT2D eigenvalue weighted by Crippen LogP contribution is 2.29. The molecule has 1 unspecified atom stereocenters. The van der Waals surface area contributed by atoms with Gasteiger partial charge in [-0.2, -0.15) is 0 Å². The first-order valence-corrected chi connectivity index (χ1v) is 5.08. The molecule has 0 aliphatic carbocycles. The summed E-state index contributed by atoms with van der Waals surface area (Å²) in [5.41, 5.74) is 2.30. The third-order valence-corrected chi connectivity index (χ3v) is 3.25. The maximum absolute atomic E-state index is 11.3. The summed E-state index contributed by atoms with van der Waals surface area (Å²) < 4.78 is 4.71. The van der Waals surface area contributed by atoms with E-state index in [1.54, 1.807) is 11.3 Å². The first-order valence-electron chi connectivity index (χ1n) is 4.20. The van der Waals surface area contributed by atoms with Crippen molar-refractivity contribution >= 4 is 17.3 Å². The van der Waals surface area contributed by atoms with Crippen LogP contribution in [0.1, 0.15) is 28.8 Å². The van der Waals surface area contributed by atoms with Gasteiger partial charge in [0.2, 0.25) is 0 Å². The summed E-state index contributed by atoms with van der Waals surface area (Å²) in [6.07, 6.45) is 0. The fraction of sp³-hybridized carbons (Fsp3) is 0.500. The van der Waals surface area contributed by atoms with E-state index in [-0.39, 0.29) is 11.9 Å². The Bertz CT molecular complexity index is 295. The van der Waals surface area contributed by atoms with Crippen molar-refractivity contribution in [1.29, 1.82) is 0 Å². The lowest BCUT2D eigenvalue weighted by atomic mass is 9.99. The molecule has 1 aromatic heterocycles. The number of rotatable bonds is 2. The molecule has 0 aliphatic heterocycles. The number of carbonyl (C=O) groups excluding carboxylic acids is 1. The molecule has 1 heterocycles. The van der Waals surface area contributed by atoms with Crippen LogP contribution in [0.2, 0.25) is 0 Å². The fourth-order valence-electron chi connectivity index (χ4n) is 1.52. The molecule has 72 valence electrons. The van der Waals surface area contributed by atoms with Crippen LogP contribution in [-0.4, -0.2) is 13.1 Å². The highest BCUT2D eigenvalue weighted by molar-refractivity contribution is 7.10. The van der Waals surface area contributed by atoms with E-state index in [1.165, 1.54) is 17.6 Å². The molecule has 0 bridgehead atoms. The Kier molecular flexibility index (Phi) is 3.09. The van der Waals surface area contributed by atoms with Gasteiger partial charge in [0.05, 0.1) is 13.0 Å². The number of carbonyl (C=O) groups is 1. The zero-order chi connectivity index (χ0) is 10.0. The quantitative estimate of drug-likeness (QED) is 0.683. The van der Waals surface area contributed by atoms with Crippen LogP contribution in [0.4, 0.5) is 0 Å². The molecule has 0 N–H and O–H groups in total. The Balaban J connectivity index is 3.00. The minimum atomic E-state index is -0.162. The van der Waals surface area contributed by atoms with Crippen molar-refractivity contribution < 1.29 is 9.53 Å². The molecule has 0 amide bonds. The Morgan fingerprint density at radius 3 is 2.54 bits per heavy atom. The number of hydrogen-bond donors (Lipinski definition) is 0. The Labute approximate surface area is 82.5 Å². The highest BCUT2D eigenvalue weighted by Gasteiger charge is 2.20. The van der Waals surface area contributed by atoms with Gasteiger partial charge in [-0.3, -0.25) is 4.79 Å². The Hall–Kier alpha value is -0.830. The number of thiophene rings is 1. The van der Waals surface area contributed by atoms with Crippen molar-refractivity contribution in [2.45, 2.75) is 26.7 Å². The minimum Gasteiger partial charge on any atom is -0.469 e. The molecule has 0 spiro atoms. The third kappa shape index (κ3) is 1.91. The second kappa shape index (κ2) is 3.92. The van der Waals surface area contributed by atoms with Crippen molar-refractivity contribution in [3.05, 3.63) is 21.4 Å². The molecule has 2 nitrogen and oxygen atoms in total. The van der Waals surface area contributed by atoms with Gasteiger partial charge in [-0.05, 0) is 37.3 Å². The van der Waals surface area contributed by atoms with E-state index in [0.717, 1.165) is 5.56 Å². The van der Waals surface area contributed by atoms with Crippen molar-refractivity contribution in [2.75, 3.05) is 7.11 Å². The minimum absolute atomic E-state index is 0.142. The van der Waals surface area contributed by atoms with Crippen LogP contribution >= 0.6 is 11.3 Å². The van der Waals surface area contributed by atoms with E-state index in [1.807, 2.05) is 20.8 Å². The topological polar surface area (TPSA) is 26.3 Å². The van der Waals surface area contributed by atoms with Gasteiger partial charge in [0.15, 0.2) is 0 Å². The Morgan fingerprint density at radius 1 is 1.54 bits per heavy atom. The fourth-order valence-corrected chi connectivity index (χ4v) is 2.47. The number of aryl methyl sites for hydroxylation is 2. The molecule has 0 fully saturated rings. The summed E-state index contributed by atoms with van der Waals surface area (Å²) in [4.78, 5) is 12.5. The number of ether oxygens (including phenoxy) is 1. The average molecular weight is 198 g/mol. The number of esters is 1. The van der Waals surface area contributed by atoms with Crippen LogP contribution < -0.4 is 0 Å². The molecule has 0 saturated carbocycles. The molecule has 1 atom stereocenters. The first kappa shape index (κ1) is 10.3. The molecule has 0 radical (unpaired) electrons. The monoisotopic (exact) mass is 198 g/mol. The van der Waals surface area contributed by atoms with Gasteiger partial charge in [0.1, 0.15) is 0 Å². The highest BCUT2D eigenvalue weighted by atomic mass is 32.1. The lowest BCUT2D eigenvalue weighted by Crippen LogP contribution is -2.11. The lowest BCUT2D eigenvalue weighted by molar-refractivity contribution is -0.142. The molecule has 1 rings (SSSR count). The molecule has 13 heavy (non-hydrogen) atoms. The number of methoxy groups -OCH3 is 1. The second-order valence-electron chi connectivity index (χ2n) is 3.13. The van der Waals surface area contributed by atoms with E-state index in [9.17, 15) is 4.79 Å². The summed E-state index contributed by atoms with van der Waals surface area (Å²) in [7, 11) is 1.43. The van der Waals surface area contributed by atoms with Gasteiger partial charge in [0.25, 0.3) is 0 Å². The lowest BCUT2D eigenvalue weighted by Gasteiger charge is -2.10. The van der Waals surface area contributed by atoms with E-state index < -0.39 is 0 Å². The zero-order valence-electron chi connectivity index (χ0n) is 8.38. The second-order valence-corrected chi connectivity index (χ2v) is 4.22. The number of hydrogen-bond acceptors (Lipinski definition) is 3. The van der Waals surface area contributed by atoms with Crippen LogP contribution in [0, 0.1) is 13.8 Å². The van der Waals surface area contributed by atoms with E-state index in [0.29, 0.717) is 0 Å². The predicted octanol–water partition coefficient (Wildman–Crippen LogP) is 2.64. The van der Waals surface area contributed by atoms with Crippen molar-refractivity contribution in [2.24, 2.45) is 0 Å².